The van der Waals surface area contributed by atoms with E-state index in [1.807, 2.05) is 47.4 Å². The molecule has 0 aliphatic carbocycles. The van der Waals surface area contributed by atoms with Crippen LogP contribution < -0.4 is 9.80 Å². The molecule has 1 aliphatic heterocycles. The van der Waals surface area contributed by atoms with Crippen LogP contribution in [-0.4, -0.2) is 11.6 Å². The highest BCUT2D eigenvalue weighted by atomic mass is 35.5. The highest BCUT2D eigenvalue weighted by Crippen LogP contribution is 2.49. The summed E-state index contributed by atoms with van der Waals surface area (Å²) < 4.78 is 0. The van der Waals surface area contributed by atoms with Crippen molar-refractivity contribution >= 4 is 46.3 Å². The summed E-state index contributed by atoms with van der Waals surface area (Å²) in [5.74, 6) is 0. The summed E-state index contributed by atoms with van der Waals surface area (Å²) >= 11 is 12.2. The molecule has 2 unspecified atom stereocenters. The maximum absolute atomic E-state index is 13.9. The number of benzene rings is 3. The summed E-state index contributed by atoms with van der Waals surface area (Å²) in [5, 5.41) is 1.22. The van der Waals surface area contributed by atoms with Crippen molar-refractivity contribution in [3.8, 4) is 0 Å². The lowest BCUT2D eigenvalue weighted by molar-refractivity contribution is 0.254. The molecule has 4 rings (SSSR count). The summed E-state index contributed by atoms with van der Waals surface area (Å²) in [6.45, 7) is 11.6. The Labute approximate surface area is 192 Å². The molecule has 1 saturated heterocycles. The molecule has 1 aliphatic rings. The minimum Gasteiger partial charge on any atom is -0.286 e. The first-order valence-electron chi connectivity index (χ1n) is 10.0. The first-order chi connectivity index (χ1) is 14.9. The van der Waals surface area contributed by atoms with Gasteiger partial charge in [0.1, 0.15) is 0 Å². The molecule has 0 bridgehead atoms. The van der Waals surface area contributed by atoms with Gasteiger partial charge in [-0.05, 0) is 67.4 Å². The quantitative estimate of drug-likeness (QED) is 0.371. The summed E-state index contributed by atoms with van der Waals surface area (Å²) in [6, 6.07) is 21.7. The fourth-order valence-corrected chi connectivity index (χ4v) is 4.57. The highest BCUT2D eigenvalue weighted by molar-refractivity contribution is 6.31. The van der Waals surface area contributed by atoms with Gasteiger partial charge in [-0.3, -0.25) is 9.80 Å². The molecule has 1 heterocycles. The number of anilines is 2. The third kappa shape index (κ3) is 3.65. The zero-order valence-corrected chi connectivity index (χ0v) is 18.7. The Balaban J connectivity index is 1.94. The summed E-state index contributed by atoms with van der Waals surface area (Å²) in [6.07, 6.45) is 0.707. The van der Waals surface area contributed by atoms with Gasteiger partial charge >= 0.3 is 6.03 Å². The van der Waals surface area contributed by atoms with Crippen molar-refractivity contribution in [2.75, 3.05) is 9.80 Å². The molecule has 31 heavy (non-hydrogen) atoms. The highest BCUT2D eigenvalue weighted by Gasteiger charge is 2.55. The molecule has 3 aromatic rings. The van der Waals surface area contributed by atoms with Gasteiger partial charge < -0.3 is 0 Å². The lowest BCUT2D eigenvalue weighted by Gasteiger charge is -2.38. The Bertz CT molecular complexity index is 1150. The number of hydrogen-bond donors (Lipinski definition) is 0. The Kier molecular flexibility index (Phi) is 5.66. The first kappa shape index (κ1) is 21.2. The minimum absolute atomic E-state index is 0.132. The van der Waals surface area contributed by atoms with Gasteiger partial charge in [-0.15, -0.1) is 0 Å². The number of carbonyl (C=O) groups excluding carboxylic acids is 1. The van der Waals surface area contributed by atoms with Gasteiger partial charge in [0, 0.05) is 21.4 Å². The van der Waals surface area contributed by atoms with Crippen molar-refractivity contribution in [3.63, 3.8) is 0 Å². The van der Waals surface area contributed by atoms with E-state index in [0.29, 0.717) is 22.2 Å². The van der Waals surface area contributed by atoms with E-state index in [0.717, 1.165) is 16.9 Å². The number of nitrogens with zero attached hydrogens (tertiary/aromatic N) is 3. The van der Waals surface area contributed by atoms with Crippen LogP contribution in [0.5, 0.6) is 0 Å². The van der Waals surface area contributed by atoms with Crippen LogP contribution in [-0.2, 0) is 0 Å². The predicted molar refractivity (Wildman–Crippen MR) is 127 cm³/mol. The molecule has 4 nitrogen and oxygen atoms in total. The fourth-order valence-electron chi connectivity index (χ4n) is 4.32. The molecule has 6 heteroatoms. The normalized spacial score (nSPS) is 20.7. The lowest BCUT2D eigenvalue weighted by atomic mass is 9.83. The number of rotatable bonds is 4. The fraction of sp³-hybridized carbons (Fsp3) is 0.200. The third-order valence-electron chi connectivity index (χ3n) is 5.98. The van der Waals surface area contributed by atoms with Crippen LogP contribution >= 0.6 is 23.2 Å². The summed E-state index contributed by atoms with van der Waals surface area (Å²) in [7, 11) is 0. The third-order valence-corrected chi connectivity index (χ3v) is 6.48. The lowest BCUT2D eigenvalue weighted by Crippen LogP contribution is -2.45. The second kappa shape index (κ2) is 8.26. The monoisotopic (exact) mass is 449 g/mol. The number of halogens is 2. The molecule has 2 amide bonds. The Morgan fingerprint density at radius 1 is 0.968 bits per heavy atom. The van der Waals surface area contributed by atoms with E-state index in [-0.39, 0.29) is 12.1 Å². The average Bonchev–Trinajstić information content (AvgIpc) is 3.02. The van der Waals surface area contributed by atoms with Crippen LogP contribution in [0.25, 0.3) is 4.85 Å². The molecule has 3 aromatic carbocycles. The molecule has 2 atom stereocenters. The summed E-state index contributed by atoms with van der Waals surface area (Å²) in [5.41, 5.74) is 2.43. The van der Waals surface area contributed by atoms with Gasteiger partial charge in [0.25, 0.3) is 0 Å². The Hall–Kier alpha value is -3.00. The van der Waals surface area contributed by atoms with E-state index in [1.54, 1.807) is 35.2 Å². The molecule has 1 fully saturated rings. The zero-order valence-electron chi connectivity index (χ0n) is 17.2. The van der Waals surface area contributed by atoms with E-state index in [4.69, 9.17) is 29.8 Å². The minimum atomic E-state index is -0.564. The van der Waals surface area contributed by atoms with E-state index >= 15 is 0 Å². The van der Waals surface area contributed by atoms with Crippen molar-refractivity contribution < 1.29 is 4.79 Å². The van der Waals surface area contributed by atoms with Crippen molar-refractivity contribution in [1.82, 2.24) is 0 Å². The van der Waals surface area contributed by atoms with Gasteiger partial charge in [-0.2, -0.15) is 0 Å². The second-order valence-corrected chi connectivity index (χ2v) is 8.63. The predicted octanol–water partition coefficient (Wildman–Crippen LogP) is 7.90. The van der Waals surface area contributed by atoms with Crippen LogP contribution in [0.3, 0.4) is 0 Å². The van der Waals surface area contributed by atoms with Crippen molar-refractivity contribution in [2.24, 2.45) is 0 Å². The van der Waals surface area contributed by atoms with Crippen LogP contribution in [0.4, 0.5) is 21.9 Å². The van der Waals surface area contributed by atoms with Crippen molar-refractivity contribution in [2.45, 2.75) is 31.8 Å². The molecular weight excluding hydrogens is 429 g/mol. The number of carbonyl (C=O) groups is 1. The largest absolute Gasteiger partial charge is 0.330 e. The van der Waals surface area contributed by atoms with E-state index < -0.39 is 5.54 Å². The Morgan fingerprint density at radius 2 is 1.55 bits per heavy atom. The maximum Gasteiger partial charge on any atom is 0.330 e. The second-order valence-electron chi connectivity index (χ2n) is 7.76. The van der Waals surface area contributed by atoms with Crippen molar-refractivity contribution in [1.29, 1.82) is 0 Å². The van der Waals surface area contributed by atoms with E-state index in [1.165, 1.54) is 0 Å². The van der Waals surface area contributed by atoms with Crippen LogP contribution in [0.2, 0.25) is 10.0 Å². The molecule has 156 valence electrons. The zero-order chi connectivity index (χ0) is 22.2. The van der Waals surface area contributed by atoms with E-state index in [9.17, 15) is 4.79 Å². The number of urea groups is 1. The van der Waals surface area contributed by atoms with Gasteiger partial charge in [-0.1, -0.05) is 54.4 Å². The molecular formula is C25H21Cl2N3O. The van der Waals surface area contributed by atoms with Crippen LogP contribution in [0, 0.1) is 6.57 Å². The maximum atomic E-state index is 13.9. The van der Waals surface area contributed by atoms with Gasteiger partial charge in [0.05, 0.1) is 18.2 Å². The van der Waals surface area contributed by atoms with Crippen LogP contribution in [0.1, 0.15) is 31.9 Å². The SMILES string of the molecule is [C-]#[N+]c1cccc(C2N(c3ccc(Cl)cc3)C(=O)N(c3ccc(Cl)cc3)C2(C)CC)c1. The van der Waals surface area contributed by atoms with Gasteiger partial charge in [-0.25, -0.2) is 9.64 Å². The topological polar surface area (TPSA) is 27.9 Å². The Morgan fingerprint density at radius 3 is 2.10 bits per heavy atom. The van der Waals surface area contributed by atoms with Gasteiger partial charge in [0.2, 0.25) is 0 Å². The number of amides is 2. The average molecular weight is 450 g/mol. The molecule has 0 spiro atoms. The van der Waals surface area contributed by atoms with Crippen LogP contribution in [0.15, 0.2) is 72.8 Å². The summed E-state index contributed by atoms with van der Waals surface area (Å²) in [4.78, 5) is 21.2. The smallest absolute Gasteiger partial charge is 0.286 e. The first-order valence-corrected chi connectivity index (χ1v) is 10.8. The molecule has 0 aromatic heterocycles. The van der Waals surface area contributed by atoms with Gasteiger partial charge in [0.15, 0.2) is 5.69 Å². The molecule has 0 saturated carbocycles. The number of hydrogen-bond acceptors (Lipinski definition) is 1. The standard InChI is InChI=1S/C25H21Cl2N3O/c1-4-25(2)23(17-6-5-7-20(16-17)28-3)29(21-12-8-18(26)9-13-21)24(31)30(25)22-14-10-19(27)11-15-22/h5-16,23H,4H2,1-2H3. The molecule has 0 radical (unpaired) electrons. The van der Waals surface area contributed by atoms with E-state index in [2.05, 4.69) is 18.7 Å². The van der Waals surface area contributed by atoms with Crippen molar-refractivity contribution in [3.05, 3.63) is 99.8 Å². The molecule has 0 N–H and O–H groups in total.